The molecule has 0 amide bonds. The number of aryl methyl sites for hydroxylation is 1. The van der Waals surface area contributed by atoms with Crippen molar-refractivity contribution < 1.29 is 4.39 Å². The molecule has 1 aromatic carbocycles. The molecule has 3 aliphatic rings. The summed E-state index contributed by atoms with van der Waals surface area (Å²) in [6.45, 7) is 3.29. The lowest BCUT2D eigenvalue weighted by Crippen LogP contribution is -2.17. The average Bonchev–Trinajstić information content (AvgIpc) is 3.12. The van der Waals surface area contributed by atoms with Crippen LogP contribution in [0.5, 0.6) is 0 Å². The fourth-order valence-corrected chi connectivity index (χ4v) is 3.25. The minimum absolute atomic E-state index is 0.0359. The quantitative estimate of drug-likeness (QED) is 0.741. The van der Waals surface area contributed by atoms with Crippen LogP contribution < -0.4 is 10.9 Å². The van der Waals surface area contributed by atoms with Crippen LogP contribution >= 0.6 is 0 Å². The Morgan fingerprint density at radius 2 is 2.24 bits per heavy atom. The zero-order valence-electron chi connectivity index (χ0n) is 13.8. The van der Waals surface area contributed by atoms with Crippen LogP contribution in [0.2, 0.25) is 0 Å². The maximum absolute atomic E-state index is 14.9. The van der Waals surface area contributed by atoms with E-state index < -0.39 is 5.82 Å². The number of fused-ring (bicyclic) bond motifs is 3. The molecule has 0 bridgehead atoms. The Bertz CT molecular complexity index is 1080. The van der Waals surface area contributed by atoms with Gasteiger partial charge < -0.3 is 9.88 Å². The SMILES string of the molecule is CN=c1ncc2cc(-c3c(C)ccc(C#N)c3F)c3n(c-2n1)CCN3. The number of benzene rings is 1. The second-order valence-electron chi connectivity index (χ2n) is 5.89. The first-order chi connectivity index (χ1) is 12.1. The average molecular weight is 334 g/mol. The van der Waals surface area contributed by atoms with E-state index in [1.165, 1.54) is 6.07 Å². The fourth-order valence-electron chi connectivity index (χ4n) is 3.25. The van der Waals surface area contributed by atoms with Crippen LogP contribution in [0.1, 0.15) is 11.1 Å². The van der Waals surface area contributed by atoms with Gasteiger partial charge in [0.2, 0.25) is 5.62 Å². The van der Waals surface area contributed by atoms with E-state index in [4.69, 9.17) is 5.26 Å². The number of nitriles is 1. The number of pyridine rings is 1. The van der Waals surface area contributed by atoms with Gasteiger partial charge in [-0.1, -0.05) is 6.07 Å². The molecule has 0 aliphatic carbocycles. The van der Waals surface area contributed by atoms with E-state index in [9.17, 15) is 4.39 Å². The molecule has 6 nitrogen and oxygen atoms in total. The smallest absolute Gasteiger partial charge is 0.246 e. The summed E-state index contributed by atoms with van der Waals surface area (Å²) in [7, 11) is 1.64. The molecule has 0 saturated carbocycles. The van der Waals surface area contributed by atoms with Gasteiger partial charge in [0, 0.05) is 43.0 Å². The maximum Gasteiger partial charge on any atom is 0.246 e. The Kier molecular flexibility index (Phi) is 3.46. The van der Waals surface area contributed by atoms with Gasteiger partial charge in [0.05, 0.1) is 5.56 Å². The number of hydrogen-bond acceptors (Lipinski definition) is 5. The van der Waals surface area contributed by atoms with E-state index in [1.54, 1.807) is 19.3 Å². The van der Waals surface area contributed by atoms with Crippen molar-refractivity contribution in [2.45, 2.75) is 13.5 Å². The molecule has 0 radical (unpaired) electrons. The van der Waals surface area contributed by atoms with E-state index in [0.717, 1.165) is 35.9 Å². The highest BCUT2D eigenvalue weighted by Gasteiger charge is 2.25. The number of rotatable bonds is 1. The molecule has 0 fully saturated rings. The molecule has 3 heterocycles. The van der Waals surface area contributed by atoms with E-state index in [1.807, 2.05) is 23.6 Å². The highest BCUT2D eigenvalue weighted by atomic mass is 19.1. The molecular weight excluding hydrogens is 319 g/mol. The van der Waals surface area contributed by atoms with Crippen LogP contribution in [0.4, 0.5) is 10.2 Å². The molecule has 1 aromatic rings. The van der Waals surface area contributed by atoms with Crippen molar-refractivity contribution in [3.63, 3.8) is 0 Å². The van der Waals surface area contributed by atoms with Crippen LogP contribution in [0.3, 0.4) is 0 Å². The summed E-state index contributed by atoms with van der Waals surface area (Å²) in [5, 5.41) is 12.5. The van der Waals surface area contributed by atoms with E-state index in [-0.39, 0.29) is 5.56 Å². The van der Waals surface area contributed by atoms with Gasteiger partial charge in [-0.2, -0.15) is 10.2 Å². The predicted octanol–water partition coefficient (Wildman–Crippen LogP) is 2.33. The van der Waals surface area contributed by atoms with Crippen LogP contribution in [0, 0.1) is 24.1 Å². The molecule has 25 heavy (non-hydrogen) atoms. The molecule has 124 valence electrons. The number of anilines is 1. The minimum Gasteiger partial charge on any atom is -0.369 e. The summed E-state index contributed by atoms with van der Waals surface area (Å²) < 4.78 is 16.9. The van der Waals surface area contributed by atoms with Gasteiger partial charge in [0.15, 0.2) is 0 Å². The topological polar surface area (TPSA) is 78.9 Å². The van der Waals surface area contributed by atoms with Crippen molar-refractivity contribution in [2.75, 3.05) is 18.9 Å². The van der Waals surface area contributed by atoms with Crippen molar-refractivity contribution in [2.24, 2.45) is 4.99 Å². The van der Waals surface area contributed by atoms with Gasteiger partial charge in [-0.15, -0.1) is 0 Å². The maximum atomic E-state index is 14.9. The van der Waals surface area contributed by atoms with Crippen molar-refractivity contribution in [1.29, 1.82) is 5.26 Å². The number of aromatic nitrogens is 3. The highest BCUT2D eigenvalue weighted by Crippen LogP contribution is 2.39. The molecule has 0 saturated heterocycles. The Hall–Kier alpha value is -3.27. The van der Waals surface area contributed by atoms with Gasteiger partial charge in [0.1, 0.15) is 23.5 Å². The molecule has 1 N–H and O–H groups in total. The Morgan fingerprint density at radius 1 is 1.40 bits per heavy atom. The van der Waals surface area contributed by atoms with Crippen molar-refractivity contribution >= 4 is 5.82 Å². The Morgan fingerprint density at radius 3 is 3.00 bits per heavy atom. The zero-order chi connectivity index (χ0) is 17.6. The monoisotopic (exact) mass is 334 g/mol. The van der Waals surface area contributed by atoms with Crippen LogP contribution in [0.25, 0.3) is 22.5 Å². The molecule has 7 heteroatoms. The van der Waals surface area contributed by atoms with Gasteiger partial charge in [-0.3, -0.25) is 4.99 Å². The highest BCUT2D eigenvalue weighted by molar-refractivity contribution is 5.84. The summed E-state index contributed by atoms with van der Waals surface area (Å²) in [6, 6.07) is 7.05. The molecule has 3 aliphatic heterocycles. The molecule has 4 rings (SSSR count). The second-order valence-corrected chi connectivity index (χ2v) is 5.89. The molecule has 0 atom stereocenters. The number of nitrogens with zero attached hydrogens (tertiary/aromatic N) is 5. The summed E-state index contributed by atoms with van der Waals surface area (Å²) in [5.41, 5.74) is 3.17. The molecular formula is C18H15FN6. The van der Waals surface area contributed by atoms with Gasteiger partial charge in [-0.25, -0.2) is 9.37 Å². The lowest BCUT2D eigenvalue weighted by Gasteiger charge is -2.18. The van der Waals surface area contributed by atoms with E-state index in [2.05, 4.69) is 20.3 Å². The number of nitrogens with one attached hydrogen (secondary N) is 1. The second kappa shape index (κ2) is 5.67. The van der Waals surface area contributed by atoms with Crippen molar-refractivity contribution in [3.05, 3.63) is 47.0 Å². The van der Waals surface area contributed by atoms with E-state index in [0.29, 0.717) is 16.7 Å². The first-order valence-corrected chi connectivity index (χ1v) is 7.91. The third kappa shape index (κ3) is 2.26. The van der Waals surface area contributed by atoms with Crippen molar-refractivity contribution in [1.82, 2.24) is 14.5 Å². The predicted molar refractivity (Wildman–Crippen MR) is 91.5 cm³/mol. The van der Waals surface area contributed by atoms with Gasteiger partial charge in [-0.05, 0) is 24.6 Å². The summed E-state index contributed by atoms with van der Waals surface area (Å²) in [5.74, 6) is 1.05. The Labute approximate surface area is 143 Å². The van der Waals surface area contributed by atoms with Crippen molar-refractivity contribution in [3.8, 4) is 28.6 Å². The summed E-state index contributed by atoms with van der Waals surface area (Å²) >= 11 is 0. The van der Waals surface area contributed by atoms with Crippen LogP contribution in [0.15, 0.2) is 29.4 Å². The standard InChI is InChI=1S/C18H15FN6/c1-10-3-4-11(8-20)15(19)14(10)13-7-12-9-23-18(21-2)24-16(12)25-6-5-22-17(13)25/h3-4,7,9,22H,5-6H2,1-2H3. The van der Waals surface area contributed by atoms with Crippen LogP contribution in [-0.2, 0) is 6.54 Å². The van der Waals surface area contributed by atoms with Gasteiger partial charge >= 0.3 is 0 Å². The molecule has 0 aromatic heterocycles. The lowest BCUT2D eigenvalue weighted by molar-refractivity contribution is 0.626. The largest absolute Gasteiger partial charge is 0.369 e. The van der Waals surface area contributed by atoms with Gasteiger partial charge in [0.25, 0.3) is 0 Å². The number of halogens is 1. The number of hydrogen-bond donors (Lipinski definition) is 1. The summed E-state index contributed by atoms with van der Waals surface area (Å²) in [6.07, 6.45) is 1.70. The first-order valence-electron chi connectivity index (χ1n) is 7.91. The Balaban J connectivity index is 2.09. The lowest BCUT2D eigenvalue weighted by atomic mass is 9.96. The fraction of sp³-hybridized carbons (Fsp3) is 0.222. The third-order valence-corrected chi connectivity index (χ3v) is 4.43. The zero-order valence-corrected chi connectivity index (χ0v) is 13.8. The van der Waals surface area contributed by atoms with Crippen LogP contribution in [-0.4, -0.2) is 28.1 Å². The van der Waals surface area contributed by atoms with E-state index >= 15 is 0 Å². The normalized spacial score (nSPS) is 13.6. The molecule has 0 unspecified atom stereocenters. The minimum atomic E-state index is -0.501. The summed E-state index contributed by atoms with van der Waals surface area (Å²) in [4.78, 5) is 12.7. The molecule has 0 spiro atoms. The first kappa shape index (κ1) is 15.3. The third-order valence-electron chi connectivity index (χ3n) is 4.43.